The van der Waals surface area contributed by atoms with Crippen LogP contribution in [-0.2, 0) is 0 Å². The summed E-state index contributed by atoms with van der Waals surface area (Å²) in [7, 11) is 1.72. The SMILES string of the molecule is C=C(F)/C=C\C(=C)NC. The Morgan fingerprint density at radius 2 is 2.00 bits per heavy atom. The summed E-state index contributed by atoms with van der Waals surface area (Å²) in [5.41, 5.74) is 0.661. The maximum Gasteiger partial charge on any atom is 0.116 e. The number of rotatable bonds is 3. The van der Waals surface area contributed by atoms with Crippen molar-refractivity contribution in [2.24, 2.45) is 0 Å². The van der Waals surface area contributed by atoms with Crippen LogP contribution in [0.25, 0.3) is 0 Å². The number of nitrogens with one attached hydrogen (secondary N) is 1. The summed E-state index contributed by atoms with van der Waals surface area (Å²) >= 11 is 0. The number of likely N-dealkylation sites (N-methyl/N-ethyl adjacent to an activating group) is 1. The lowest BCUT2D eigenvalue weighted by Gasteiger charge is -1.93. The quantitative estimate of drug-likeness (QED) is 0.569. The lowest BCUT2D eigenvalue weighted by Crippen LogP contribution is -2.00. The van der Waals surface area contributed by atoms with E-state index in [4.69, 9.17) is 0 Å². The minimum atomic E-state index is -0.466. The van der Waals surface area contributed by atoms with E-state index in [2.05, 4.69) is 18.5 Å². The first kappa shape index (κ1) is 7.95. The van der Waals surface area contributed by atoms with Gasteiger partial charge < -0.3 is 5.32 Å². The topological polar surface area (TPSA) is 12.0 Å². The zero-order valence-electron chi connectivity index (χ0n) is 5.45. The van der Waals surface area contributed by atoms with Crippen LogP contribution in [0.3, 0.4) is 0 Å². The molecule has 0 amide bonds. The highest BCUT2D eigenvalue weighted by Crippen LogP contribution is 1.94. The molecule has 0 aromatic carbocycles. The average Bonchev–Trinajstić information content (AvgIpc) is 1.83. The fraction of sp³-hybridized carbons (Fsp3) is 0.143. The zero-order chi connectivity index (χ0) is 7.28. The lowest BCUT2D eigenvalue weighted by molar-refractivity contribution is 0.671. The van der Waals surface area contributed by atoms with Gasteiger partial charge >= 0.3 is 0 Å². The maximum absolute atomic E-state index is 11.8. The second-order valence-electron chi connectivity index (χ2n) is 1.56. The summed E-state index contributed by atoms with van der Waals surface area (Å²) in [4.78, 5) is 0. The van der Waals surface area contributed by atoms with Gasteiger partial charge in [-0.2, -0.15) is 0 Å². The molecule has 0 heterocycles. The van der Waals surface area contributed by atoms with Crippen molar-refractivity contribution in [1.82, 2.24) is 5.32 Å². The Morgan fingerprint density at radius 1 is 1.44 bits per heavy atom. The van der Waals surface area contributed by atoms with E-state index >= 15 is 0 Å². The van der Waals surface area contributed by atoms with Gasteiger partial charge in [0.25, 0.3) is 0 Å². The molecule has 0 atom stereocenters. The molecule has 0 aliphatic rings. The second kappa shape index (κ2) is 3.89. The summed E-state index contributed by atoms with van der Waals surface area (Å²) in [5.74, 6) is -0.466. The van der Waals surface area contributed by atoms with Crippen molar-refractivity contribution in [3.63, 3.8) is 0 Å². The van der Waals surface area contributed by atoms with Crippen molar-refractivity contribution in [2.45, 2.75) is 0 Å². The van der Waals surface area contributed by atoms with Crippen LogP contribution in [0, 0.1) is 0 Å². The van der Waals surface area contributed by atoms with E-state index < -0.39 is 5.83 Å². The van der Waals surface area contributed by atoms with Crippen LogP contribution >= 0.6 is 0 Å². The summed E-state index contributed by atoms with van der Waals surface area (Å²) in [6.45, 7) is 6.58. The normalized spacial score (nSPS) is 9.56. The van der Waals surface area contributed by atoms with Crippen LogP contribution in [0.15, 0.2) is 36.8 Å². The smallest absolute Gasteiger partial charge is 0.116 e. The fourth-order valence-electron chi connectivity index (χ4n) is 0.274. The Morgan fingerprint density at radius 3 is 2.33 bits per heavy atom. The maximum atomic E-state index is 11.8. The van der Waals surface area contributed by atoms with Crippen molar-refractivity contribution < 1.29 is 4.39 Å². The third-order valence-corrected chi connectivity index (χ3v) is 0.786. The molecule has 0 rings (SSSR count). The molecule has 1 nitrogen and oxygen atoms in total. The molecule has 9 heavy (non-hydrogen) atoms. The van der Waals surface area contributed by atoms with E-state index in [9.17, 15) is 4.39 Å². The number of hydrogen-bond donors (Lipinski definition) is 1. The van der Waals surface area contributed by atoms with Crippen molar-refractivity contribution in [1.29, 1.82) is 0 Å². The third-order valence-electron chi connectivity index (χ3n) is 0.786. The van der Waals surface area contributed by atoms with Gasteiger partial charge in [-0.1, -0.05) is 13.2 Å². The van der Waals surface area contributed by atoms with Gasteiger partial charge in [0, 0.05) is 12.7 Å². The van der Waals surface area contributed by atoms with Gasteiger partial charge in [-0.05, 0) is 12.2 Å². The Labute approximate surface area is 54.6 Å². The van der Waals surface area contributed by atoms with Crippen molar-refractivity contribution >= 4 is 0 Å². The van der Waals surface area contributed by atoms with Crippen LogP contribution in [0.5, 0.6) is 0 Å². The minimum absolute atomic E-state index is 0.466. The van der Waals surface area contributed by atoms with Crippen molar-refractivity contribution in [3.8, 4) is 0 Å². The van der Waals surface area contributed by atoms with Crippen LogP contribution in [0.2, 0.25) is 0 Å². The van der Waals surface area contributed by atoms with E-state index in [0.717, 1.165) is 0 Å². The van der Waals surface area contributed by atoms with Crippen LogP contribution in [0.1, 0.15) is 0 Å². The van der Waals surface area contributed by atoms with Crippen molar-refractivity contribution in [3.05, 3.63) is 36.8 Å². The Bertz CT molecular complexity index is 147. The van der Waals surface area contributed by atoms with E-state index in [0.29, 0.717) is 5.70 Å². The Hall–Kier alpha value is -1.05. The molecule has 0 fully saturated rings. The van der Waals surface area contributed by atoms with Gasteiger partial charge in [0.1, 0.15) is 5.83 Å². The van der Waals surface area contributed by atoms with Gasteiger partial charge in [-0.15, -0.1) is 0 Å². The third kappa shape index (κ3) is 4.81. The summed E-state index contributed by atoms with van der Waals surface area (Å²) in [6, 6.07) is 0. The highest BCUT2D eigenvalue weighted by atomic mass is 19.1. The first-order valence-corrected chi connectivity index (χ1v) is 2.56. The summed E-state index contributed by atoms with van der Waals surface area (Å²) < 4.78 is 11.8. The predicted octanol–water partition coefficient (Wildman–Crippen LogP) is 1.76. The molecule has 0 aliphatic heterocycles. The molecule has 0 radical (unpaired) electrons. The molecule has 0 aliphatic carbocycles. The van der Waals surface area contributed by atoms with Crippen LogP contribution in [0.4, 0.5) is 4.39 Å². The van der Waals surface area contributed by atoms with Crippen molar-refractivity contribution in [2.75, 3.05) is 7.05 Å². The van der Waals surface area contributed by atoms with Crippen LogP contribution < -0.4 is 5.32 Å². The molecule has 0 bridgehead atoms. The molecule has 50 valence electrons. The number of hydrogen-bond acceptors (Lipinski definition) is 1. The molecule has 0 saturated heterocycles. The van der Waals surface area contributed by atoms with Crippen LogP contribution in [-0.4, -0.2) is 7.05 Å². The number of allylic oxidation sites excluding steroid dienone is 3. The average molecular weight is 127 g/mol. The molecular weight excluding hydrogens is 117 g/mol. The molecular formula is C7H10FN. The van der Waals surface area contributed by atoms with Gasteiger partial charge in [-0.3, -0.25) is 0 Å². The van der Waals surface area contributed by atoms with Gasteiger partial charge in [-0.25, -0.2) is 4.39 Å². The van der Waals surface area contributed by atoms with Gasteiger partial charge in [0.15, 0.2) is 0 Å². The van der Waals surface area contributed by atoms with E-state index in [1.807, 2.05) is 0 Å². The summed E-state index contributed by atoms with van der Waals surface area (Å²) in [5, 5.41) is 2.73. The van der Waals surface area contributed by atoms with Gasteiger partial charge in [0.05, 0.1) is 0 Å². The van der Waals surface area contributed by atoms with E-state index in [1.165, 1.54) is 12.2 Å². The zero-order valence-corrected chi connectivity index (χ0v) is 5.45. The van der Waals surface area contributed by atoms with Gasteiger partial charge in [0.2, 0.25) is 0 Å². The lowest BCUT2D eigenvalue weighted by atomic mass is 10.4. The molecule has 0 spiro atoms. The second-order valence-corrected chi connectivity index (χ2v) is 1.56. The van der Waals surface area contributed by atoms with E-state index in [1.54, 1.807) is 7.05 Å². The molecule has 1 N–H and O–H groups in total. The fourth-order valence-corrected chi connectivity index (χ4v) is 0.274. The Balaban J connectivity index is 3.71. The number of halogens is 1. The molecule has 0 aromatic rings. The molecule has 0 unspecified atom stereocenters. The molecule has 0 aromatic heterocycles. The molecule has 2 heteroatoms. The molecule has 0 saturated carbocycles. The largest absolute Gasteiger partial charge is 0.389 e. The first-order chi connectivity index (χ1) is 4.16. The standard InChI is InChI=1S/C7H10FN/c1-6(8)4-5-7(2)9-3/h4-5,9H,1-2H2,3H3/b5-4-. The highest BCUT2D eigenvalue weighted by Gasteiger charge is 1.80. The first-order valence-electron chi connectivity index (χ1n) is 2.56. The summed E-state index contributed by atoms with van der Waals surface area (Å²) in [6.07, 6.45) is 2.77. The Kier molecular flexibility index (Phi) is 3.44. The van der Waals surface area contributed by atoms with E-state index in [-0.39, 0.29) is 0 Å². The minimum Gasteiger partial charge on any atom is -0.389 e. The monoisotopic (exact) mass is 127 g/mol. The highest BCUT2D eigenvalue weighted by molar-refractivity contribution is 5.18. The predicted molar refractivity (Wildman–Crippen MR) is 37.6 cm³/mol.